The van der Waals surface area contributed by atoms with Crippen molar-refractivity contribution >= 4 is 7.05 Å². The van der Waals surface area contributed by atoms with Gasteiger partial charge in [-0.25, -0.2) is 0 Å². The van der Waals surface area contributed by atoms with Crippen LogP contribution in [0.25, 0.3) is 0 Å². The summed E-state index contributed by atoms with van der Waals surface area (Å²) in [6.45, 7) is 2.94. The quantitative estimate of drug-likeness (QED) is 0.357. The summed E-state index contributed by atoms with van der Waals surface area (Å²) in [5.41, 5.74) is 0. The van der Waals surface area contributed by atoms with Crippen molar-refractivity contribution in [3.8, 4) is 0 Å². The van der Waals surface area contributed by atoms with E-state index < -0.39 is 13.1 Å². The van der Waals surface area contributed by atoms with Gasteiger partial charge in [-0.2, -0.15) is 0 Å². The lowest BCUT2D eigenvalue weighted by atomic mass is 9.82. The summed E-state index contributed by atoms with van der Waals surface area (Å²) in [6.07, 6.45) is 1.11. The lowest BCUT2D eigenvalue weighted by Crippen LogP contribution is -2.45. The Hall–Kier alpha value is -0.615. The van der Waals surface area contributed by atoms with Crippen molar-refractivity contribution in [3.05, 3.63) is 10.1 Å². The monoisotopic (exact) mass is 172 g/mol. The molecule has 6 heteroatoms. The molecule has 0 spiro atoms. The van der Waals surface area contributed by atoms with E-state index in [4.69, 9.17) is 5.02 Å². The van der Waals surface area contributed by atoms with Crippen LogP contribution in [0.5, 0.6) is 0 Å². The lowest BCUT2D eigenvalue weighted by molar-refractivity contribution is -0.526. The van der Waals surface area contributed by atoms with Crippen LogP contribution in [0.2, 0.25) is 6.82 Å². The van der Waals surface area contributed by atoms with Crippen molar-refractivity contribution in [1.29, 1.82) is 0 Å². The molecule has 0 aromatic rings. The molecule has 1 aliphatic heterocycles. The Morgan fingerprint density at radius 1 is 1.58 bits per heavy atom. The highest BCUT2D eigenvalue weighted by Gasteiger charge is 2.29. The predicted octanol–water partition coefficient (Wildman–Crippen LogP) is -0.162. The summed E-state index contributed by atoms with van der Waals surface area (Å²) >= 11 is 0. The van der Waals surface area contributed by atoms with Gasteiger partial charge in [0.25, 0.3) is 0 Å². The maximum atomic E-state index is 10.4. The van der Waals surface area contributed by atoms with E-state index in [0.717, 1.165) is 0 Å². The van der Waals surface area contributed by atoms with Crippen LogP contribution >= 0.6 is 0 Å². The zero-order valence-corrected chi connectivity index (χ0v) is 7.14. The standard InChI is InChI=1S/C6H13BN2O3/c1-7(10)8-4-2-6(3-5-8)9(11)12/h6,10H,2-5H2,1H3. The number of nitrogens with zero attached hydrogens (tertiary/aromatic N) is 2. The summed E-state index contributed by atoms with van der Waals surface area (Å²) in [7, 11) is -0.474. The minimum absolute atomic E-state index is 0.223. The van der Waals surface area contributed by atoms with Crippen LogP contribution in [0.4, 0.5) is 0 Å². The Kier molecular flexibility index (Phi) is 3.05. The third-order valence-electron chi connectivity index (χ3n) is 2.33. The van der Waals surface area contributed by atoms with Gasteiger partial charge in [0.1, 0.15) is 0 Å². The van der Waals surface area contributed by atoms with E-state index in [1.165, 1.54) is 0 Å². The molecule has 0 aromatic carbocycles. The average Bonchev–Trinajstić information content (AvgIpc) is 2.04. The topological polar surface area (TPSA) is 66.6 Å². The van der Waals surface area contributed by atoms with Gasteiger partial charge in [-0.3, -0.25) is 10.1 Å². The lowest BCUT2D eigenvalue weighted by Gasteiger charge is -2.28. The molecule has 1 N–H and O–H groups in total. The van der Waals surface area contributed by atoms with Crippen molar-refractivity contribution < 1.29 is 9.95 Å². The molecule has 1 saturated heterocycles. The van der Waals surface area contributed by atoms with E-state index in [1.54, 1.807) is 6.82 Å². The highest BCUT2D eigenvalue weighted by atomic mass is 16.6. The number of hydrogen-bond donors (Lipinski definition) is 1. The van der Waals surface area contributed by atoms with E-state index in [-0.39, 0.29) is 4.92 Å². The van der Waals surface area contributed by atoms with Gasteiger partial charge in [-0.1, -0.05) is 0 Å². The normalized spacial score (nSPS) is 20.8. The molecule has 0 aromatic heterocycles. The zero-order chi connectivity index (χ0) is 9.14. The molecule has 1 rings (SSSR count). The second kappa shape index (κ2) is 3.86. The Morgan fingerprint density at radius 3 is 2.42 bits per heavy atom. The minimum Gasteiger partial charge on any atom is -0.437 e. The second-order valence-electron chi connectivity index (χ2n) is 3.18. The van der Waals surface area contributed by atoms with Gasteiger partial charge in [0.15, 0.2) is 0 Å². The first-order valence-corrected chi connectivity index (χ1v) is 4.17. The van der Waals surface area contributed by atoms with Gasteiger partial charge < -0.3 is 9.83 Å². The fourth-order valence-electron chi connectivity index (χ4n) is 1.47. The van der Waals surface area contributed by atoms with Crippen LogP contribution < -0.4 is 0 Å². The molecular formula is C6H13BN2O3. The summed E-state index contributed by atoms with van der Waals surface area (Å²) in [5.74, 6) is 0. The molecule has 0 atom stereocenters. The smallest absolute Gasteiger partial charge is 0.376 e. The minimum atomic E-state index is -0.474. The van der Waals surface area contributed by atoms with Gasteiger partial charge >= 0.3 is 7.05 Å². The first-order chi connectivity index (χ1) is 5.61. The molecule has 5 nitrogen and oxygen atoms in total. The number of nitro groups is 1. The van der Waals surface area contributed by atoms with E-state index in [2.05, 4.69) is 0 Å². The fourth-order valence-corrected chi connectivity index (χ4v) is 1.47. The second-order valence-corrected chi connectivity index (χ2v) is 3.18. The molecule has 1 aliphatic rings. The molecule has 1 heterocycles. The van der Waals surface area contributed by atoms with Gasteiger partial charge in [-0.15, -0.1) is 0 Å². The molecule has 68 valence electrons. The predicted molar refractivity (Wildman–Crippen MR) is 45.4 cm³/mol. The van der Waals surface area contributed by atoms with Gasteiger partial charge in [-0.05, 0) is 19.9 Å². The maximum absolute atomic E-state index is 10.4. The van der Waals surface area contributed by atoms with Crippen LogP contribution in [0.15, 0.2) is 0 Å². The molecular weight excluding hydrogens is 159 g/mol. The highest BCUT2D eigenvalue weighted by molar-refractivity contribution is 6.45. The van der Waals surface area contributed by atoms with Crippen LogP contribution in [-0.2, 0) is 0 Å². The number of piperidine rings is 1. The van der Waals surface area contributed by atoms with Crippen molar-refractivity contribution in [1.82, 2.24) is 4.81 Å². The maximum Gasteiger partial charge on any atom is 0.376 e. The Bertz CT molecular complexity index is 168. The summed E-state index contributed by atoms with van der Waals surface area (Å²) in [5, 5.41) is 19.5. The van der Waals surface area contributed by atoms with Gasteiger partial charge in [0.2, 0.25) is 6.04 Å². The third kappa shape index (κ3) is 2.18. The molecule has 0 amide bonds. The fraction of sp³-hybridized carbons (Fsp3) is 1.00. The molecule has 0 radical (unpaired) electrons. The van der Waals surface area contributed by atoms with Crippen LogP contribution in [-0.4, -0.2) is 40.9 Å². The van der Waals surface area contributed by atoms with Crippen molar-refractivity contribution in [2.75, 3.05) is 13.1 Å². The summed E-state index contributed by atoms with van der Waals surface area (Å²) in [4.78, 5) is 12.0. The van der Waals surface area contributed by atoms with Crippen LogP contribution in [0.1, 0.15) is 12.8 Å². The molecule has 0 aliphatic carbocycles. The molecule has 12 heavy (non-hydrogen) atoms. The first kappa shape index (κ1) is 9.47. The van der Waals surface area contributed by atoms with Gasteiger partial charge in [0.05, 0.1) is 0 Å². The Labute approximate surface area is 71.6 Å². The Morgan fingerprint density at radius 2 is 2.08 bits per heavy atom. The average molecular weight is 172 g/mol. The largest absolute Gasteiger partial charge is 0.437 e. The molecule has 1 fully saturated rings. The third-order valence-corrected chi connectivity index (χ3v) is 2.33. The van der Waals surface area contributed by atoms with Crippen molar-refractivity contribution in [3.63, 3.8) is 0 Å². The first-order valence-electron chi connectivity index (χ1n) is 4.17. The molecule has 0 bridgehead atoms. The zero-order valence-electron chi connectivity index (χ0n) is 7.14. The van der Waals surface area contributed by atoms with Crippen molar-refractivity contribution in [2.45, 2.75) is 25.7 Å². The van der Waals surface area contributed by atoms with E-state index in [1.807, 2.05) is 4.81 Å². The van der Waals surface area contributed by atoms with E-state index in [9.17, 15) is 10.1 Å². The van der Waals surface area contributed by atoms with Crippen LogP contribution in [0, 0.1) is 10.1 Å². The summed E-state index contributed by atoms with van der Waals surface area (Å²) < 4.78 is 0. The summed E-state index contributed by atoms with van der Waals surface area (Å²) in [6, 6.07) is -0.403. The van der Waals surface area contributed by atoms with Crippen molar-refractivity contribution in [2.24, 2.45) is 0 Å². The van der Waals surface area contributed by atoms with E-state index >= 15 is 0 Å². The van der Waals surface area contributed by atoms with E-state index in [0.29, 0.717) is 25.9 Å². The number of rotatable bonds is 2. The molecule has 0 unspecified atom stereocenters. The Balaban J connectivity index is 2.34. The SMILES string of the molecule is CB(O)N1CCC([N+](=O)[O-])CC1. The highest BCUT2D eigenvalue weighted by Crippen LogP contribution is 2.12. The molecule has 0 saturated carbocycles. The number of hydrogen-bond acceptors (Lipinski definition) is 4. The van der Waals surface area contributed by atoms with Crippen LogP contribution in [0.3, 0.4) is 0 Å². The van der Waals surface area contributed by atoms with Gasteiger partial charge in [0, 0.05) is 17.8 Å².